The highest BCUT2D eigenvalue weighted by Crippen LogP contribution is 2.59. The van der Waals surface area contributed by atoms with Gasteiger partial charge in [0.2, 0.25) is 0 Å². The van der Waals surface area contributed by atoms with Crippen LogP contribution in [0.5, 0.6) is 5.75 Å². The van der Waals surface area contributed by atoms with Gasteiger partial charge in [-0.1, -0.05) is 20.8 Å². The van der Waals surface area contributed by atoms with E-state index in [4.69, 9.17) is 4.74 Å². The van der Waals surface area contributed by atoms with Crippen LogP contribution in [0, 0.1) is 11.2 Å². The molecule has 2 aliphatic heterocycles. The lowest BCUT2D eigenvalue weighted by Crippen LogP contribution is -2.55. The maximum Gasteiger partial charge on any atom is 0.165 e. The van der Waals surface area contributed by atoms with E-state index in [1.165, 1.54) is 18.6 Å². The lowest BCUT2D eigenvalue weighted by molar-refractivity contribution is -0.255. The summed E-state index contributed by atoms with van der Waals surface area (Å²) in [7, 11) is 0. The molecule has 22 heavy (non-hydrogen) atoms. The summed E-state index contributed by atoms with van der Waals surface area (Å²) < 4.78 is 20.3. The third-order valence-electron chi connectivity index (χ3n) is 4.89. The summed E-state index contributed by atoms with van der Waals surface area (Å²) in [6, 6.07) is 3.59. The summed E-state index contributed by atoms with van der Waals surface area (Å²) in [6.07, 6.45) is 3.12. The van der Waals surface area contributed by atoms with E-state index < -0.39 is 17.4 Å². The minimum absolute atomic E-state index is 0.0183. The summed E-state index contributed by atoms with van der Waals surface area (Å²) in [5, 5.41) is 11.9. The number of halogens is 1. The second-order valence-corrected chi connectivity index (χ2v) is 8.71. The minimum Gasteiger partial charge on any atom is -0.545 e. The van der Waals surface area contributed by atoms with E-state index in [9.17, 15) is 14.3 Å². The molecule has 5 heteroatoms. The van der Waals surface area contributed by atoms with Crippen molar-refractivity contribution in [3.8, 4) is 5.75 Å². The third-order valence-corrected chi connectivity index (χ3v) is 6.62. The number of benzene rings is 1. The normalized spacial score (nSPS) is 30.5. The number of ether oxygens (including phenoxy) is 1. The first-order valence-corrected chi connectivity index (χ1v) is 8.52. The van der Waals surface area contributed by atoms with E-state index in [1.54, 1.807) is 0 Å². The molecule has 1 aromatic carbocycles. The van der Waals surface area contributed by atoms with Gasteiger partial charge in [-0.25, -0.2) is 4.39 Å². The van der Waals surface area contributed by atoms with Gasteiger partial charge in [0.25, 0.3) is 0 Å². The van der Waals surface area contributed by atoms with Gasteiger partial charge in [0.1, 0.15) is 5.60 Å². The van der Waals surface area contributed by atoms with Gasteiger partial charge in [0, 0.05) is 27.9 Å². The second-order valence-electron chi connectivity index (χ2n) is 7.20. The Morgan fingerprint density at radius 2 is 2.14 bits per heavy atom. The number of carbonyl (C=O) groups excluding carboxylic acids is 1. The predicted molar refractivity (Wildman–Crippen MR) is 82.6 cm³/mol. The number of fused-ring (bicyclic) bond motifs is 2. The zero-order valence-electron chi connectivity index (χ0n) is 13.0. The van der Waals surface area contributed by atoms with E-state index in [1.807, 2.05) is 11.8 Å². The Morgan fingerprint density at radius 1 is 1.41 bits per heavy atom. The Labute approximate surface area is 134 Å². The molecule has 2 saturated heterocycles. The van der Waals surface area contributed by atoms with Gasteiger partial charge >= 0.3 is 0 Å². The molecule has 0 radical (unpaired) electrons. The van der Waals surface area contributed by atoms with Crippen LogP contribution in [0.25, 0.3) is 0 Å². The van der Waals surface area contributed by atoms with Gasteiger partial charge in [-0.15, -0.1) is 0 Å². The molecule has 2 aliphatic rings. The summed E-state index contributed by atoms with van der Waals surface area (Å²) in [4.78, 5) is 11.0. The van der Waals surface area contributed by atoms with Crippen molar-refractivity contribution in [3.63, 3.8) is 0 Å². The highest BCUT2D eigenvalue weighted by atomic mass is 32.2. The smallest absolute Gasteiger partial charge is 0.165 e. The maximum absolute atomic E-state index is 14.1. The van der Waals surface area contributed by atoms with Crippen molar-refractivity contribution in [1.82, 2.24) is 0 Å². The first kappa shape index (κ1) is 15.7. The van der Waals surface area contributed by atoms with Crippen LogP contribution in [0.15, 0.2) is 18.2 Å². The van der Waals surface area contributed by atoms with Crippen LogP contribution in [0.3, 0.4) is 0 Å². The Balaban J connectivity index is 1.99. The summed E-state index contributed by atoms with van der Waals surface area (Å²) >= 11 is 1.92. The zero-order chi connectivity index (χ0) is 16.1. The Morgan fingerprint density at radius 3 is 2.64 bits per heavy atom. The zero-order valence-corrected chi connectivity index (χ0v) is 13.8. The van der Waals surface area contributed by atoms with Gasteiger partial charge in [-0.3, -0.25) is 0 Å². The van der Waals surface area contributed by atoms with Crippen molar-refractivity contribution >= 4 is 17.7 Å². The van der Waals surface area contributed by atoms with Crippen LogP contribution in [-0.4, -0.2) is 22.1 Å². The molecule has 3 unspecified atom stereocenters. The first-order chi connectivity index (χ1) is 10.2. The van der Waals surface area contributed by atoms with Crippen LogP contribution < -0.4 is 9.84 Å². The van der Waals surface area contributed by atoms with Gasteiger partial charge in [0.05, 0.1) is 5.97 Å². The number of carboxylic acid groups (broad SMARTS) is 1. The fourth-order valence-corrected chi connectivity index (χ4v) is 5.69. The molecule has 120 valence electrons. The number of hydrogen-bond acceptors (Lipinski definition) is 4. The number of carboxylic acids is 1. The average Bonchev–Trinajstić information content (AvgIpc) is 3.01. The highest BCUT2D eigenvalue weighted by molar-refractivity contribution is 8.01. The fraction of sp³-hybridized carbons (Fsp3) is 0.588. The molecule has 0 saturated carbocycles. The molecule has 3 rings (SSSR count). The standard InChI is InChI=1S/C17H21FO3S/c1-16(2,3)17(9-11-5-7-14(17)22-11)21-13-8-10(15(19)20)4-6-12(13)18/h4,6,8,11,14H,5,7,9H2,1-3H3,(H,19,20)/p-1. The molecule has 0 aromatic heterocycles. The molecule has 3 atom stereocenters. The minimum atomic E-state index is -1.32. The van der Waals surface area contributed by atoms with Crippen molar-refractivity contribution in [3.05, 3.63) is 29.6 Å². The Bertz CT molecular complexity index is 610. The van der Waals surface area contributed by atoms with Crippen LogP contribution in [-0.2, 0) is 0 Å². The monoisotopic (exact) mass is 323 g/mol. The van der Waals surface area contributed by atoms with E-state index in [0.29, 0.717) is 10.5 Å². The molecule has 0 amide bonds. The predicted octanol–water partition coefficient (Wildman–Crippen LogP) is 3.02. The summed E-state index contributed by atoms with van der Waals surface area (Å²) in [6.45, 7) is 6.32. The molecule has 1 aromatic rings. The number of carbonyl (C=O) groups is 1. The van der Waals surface area contributed by atoms with Gasteiger partial charge in [-0.05, 0) is 31.0 Å². The van der Waals surface area contributed by atoms with E-state index in [-0.39, 0.29) is 16.7 Å². The average molecular weight is 323 g/mol. The first-order valence-electron chi connectivity index (χ1n) is 7.58. The second kappa shape index (κ2) is 5.15. The topological polar surface area (TPSA) is 49.4 Å². The maximum atomic E-state index is 14.1. The van der Waals surface area contributed by atoms with Crippen molar-refractivity contribution in [2.45, 2.75) is 56.1 Å². The lowest BCUT2D eigenvalue weighted by Gasteiger charge is -2.47. The van der Waals surface area contributed by atoms with Crippen molar-refractivity contribution in [1.29, 1.82) is 0 Å². The van der Waals surface area contributed by atoms with E-state index in [2.05, 4.69) is 20.8 Å². The number of hydrogen-bond donors (Lipinski definition) is 0. The number of aromatic carboxylic acids is 1. The van der Waals surface area contributed by atoms with Crippen LogP contribution >= 0.6 is 11.8 Å². The van der Waals surface area contributed by atoms with Gasteiger partial charge < -0.3 is 14.6 Å². The number of rotatable bonds is 3. The largest absolute Gasteiger partial charge is 0.545 e. The fourth-order valence-electron chi connectivity index (χ4n) is 3.62. The molecular weight excluding hydrogens is 303 g/mol. The van der Waals surface area contributed by atoms with Crippen molar-refractivity contribution in [2.75, 3.05) is 0 Å². The Hall–Kier alpha value is -1.23. The van der Waals surface area contributed by atoms with E-state index >= 15 is 0 Å². The molecule has 2 heterocycles. The number of thioether (sulfide) groups is 1. The molecule has 0 spiro atoms. The molecule has 0 aliphatic carbocycles. The molecule has 0 N–H and O–H groups in total. The van der Waals surface area contributed by atoms with Crippen LogP contribution in [0.4, 0.5) is 4.39 Å². The molecular formula is C17H20FO3S-. The quantitative estimate of drug-likeness (QED) is 0.858. The lowest BCUT2D eigenvalue weighted by atomic mass is 9.68. The van der Waals surface area contributed by atoms with Crippen LogP contribution in [0.2, 0.25) is 0 Å². The van der Waals surface area contributed by atoms with Gasteiger partial charge in [-0.2, -0.15) is 11.8 Å². The SMILES string of the molecule is CC(C)(C)C1(Oc2cc(C(=O)[O-])ccc2F)CC2CCC1S2. The van der Waals surface area contributed by atoms with E-state index in [0.717, 1.165) is 18.9 Å². The molecule has 2 fully saturated rings. The third kappa shape index (κ3) is 2.39. The van der Waals surface area contributed by atoms with Crippen molar-refractivity contribution in [2.24, 2.45) is 5.41 Å². The molecule has 2 bridgehead atoms. The van der Waals surface area contributed by atoms with Gasteiger partial charge in [0.15, 0.2) is 11.6 Å². The van der Waals surface area contributed by atoms with Crippen molar-refractivity contribution < 1.29 is 19.0 Å². The molecule has 3 nitrogen and oxygen atoms in total. The Kier molecular flexibility index (Phi) is 3.67. The summed E-state index contributed by atoms with van der Waals surface area (Å²) in [5.41, 5.74) is -0.688. The van der Waals surface area contributed by atoms with Crippen LogP contribution in [0.1, 0.15) is 50.4 Å². The summed E-state index contributed by atoms with van der Waals surface area (Å²) in [5.74, 6) is -1.83. The highest BCUT2D eigenvalue weighted by Gasteiger charge is 2.59.